The number of thioether (sulfide) groups is 1. The van der Waals surface area contributed by atoms with Crippen molar-refractivity contribution in [2.24, 2.45) is 5.92 Å². The summed E-state index contributed by atoms with van der Waals surface area (Å²) >= 11 is 1.80. The van der Waals surface area contributed by atoms with E-state index >= 15 is 0 Å². The largest absolute Gasteiger partial charge is 0.469 e. The van der Waals surface area contributed by atoms with Gasteiger partial charge in [0.25, 0.3) is 0 Å². The van der Waals surface area contributed by atoms with Crippen molar-refractivity contribution in [3.63, 3.8) is 0 Å². The Hall–Kier alpha value is -1.56. The minimum Gasteiger partial charge on any atom is -0.469 e. The van der Waals surface area contributed by atoms with Gasteiger partial charge in [-0.1, -0.05) is 26.2 Å². The summed E-state index contributed by atoms with van der Waals surface area (Å²) in [5.74, 6) is 1.26. The van der Waals surface area contributed by atoms with Gasteiger partial charge in [-0.15, -0.1) is 11.8 Å². The molecular weight excluding hydrogens is 372 g/mol. The predicted molar refractivity (Wildman–Crippen MR) is 113 cm³/mol. The molecule has 1 atom stereocenters. The molecule has 0 N–H and O–H groups in total. The number of hydrogen-bond acceptors (Lipinski definition) is 6. The number of ether oxygens (including phenoxy) is 1. The zero-order valence-electron chi connectivity index (χ0n) is 17.1. The molecule has 154 valence electrons. The number of carbonyl (C=O) groups is 2. The van der Waals surface area contributed by atoms with Crippen LogP contribution in [0.2, 0.25) is 0 Å². The van der Waals surface area contributed by atoms with Gasteiger partial charge in [-0.2, -0.15) is 0 Å². The van der Waals surface area contributed by atoms with Crippen molar-refractivity contribution in [1.29, 1.82) is 0 Å². The molecule has 1 aliphatic heterocycles. The first-order chi connectivity index (χ1) is 13.6. The molecule has 5 nitrogen and oxygen atoms in total. The van der Waals surface area contributed by atoms with Crippen LogP contribution < -0.4 is 4.90 Å². The van der Waals surface area contributed by atoms with E-state index in [4.69, 9.17) is 9.72 Å². The summed E-state index contributed by atoms with van der Waals surface area (Å²) in [7, 11) is 1.45. The van der Waals surface area contributed by atoms with Crippen molar-refractivity contribution >= 4 is 29.3 Å². The van der Waals surface area contributed by atoms with E-state index in [1.54, 1.807) is 11.8 Å². The van der Waals surface area contributed by atoms with Crippen molar-refractivity contribution in [3.05, 3.63) is 17.7 Å². The van der Waals surface area contributed by atoms with Crippen LogP contribution in [0, 0.1) is 5.92 Å². The third kappa shape index (κ3) is 5.49. The Balaban J connectivity index is 1.77. The Morgan fingerprint density at radius 3 is 2.68 bits per heavy atom. The first kappa shape index (κ1) is 21.2. The van der Waals surface area contributed by atoms with Gasteiger partial charge in [-0.05, 0) is 43.7 Å². The first-order valence-electron chi connectivity index (χ1n) is 10.6. The number of carbonyl (C=O) groups excluding carboxylic acids is 2. The summed E-state index contributed by atoms with van der Waals surface area (Å²) < 4.78 is 4.84. The maximum absolute atomic E-state index is 12.5. The van der Waals surface area contributed by atoms with Gasteiger partial charge < -0.3 is 9.64 Å². The highest BCUT2D eigenvalue weighted by molar-refractivity contribution is 7.99. The van der Waals surface area contributed by atoms with Gasteiger partial charge in [0.2, 0.25) is 0 Å². The van der Waals surface area contributed by atoms with E-state index in [-0.39, 0.29) is 11.8 Å². The zero-order valence-corrected chi connectivity index (χ0v) is 17.9. The number of piperidine rings is 1. The molecule has 1 aliphatic carbocycles. The number of pyridine rings is 1. The molecule has 0 unspecified atom stereocenters. The fraction of sp³-hybridized carbons (Fsp3) is 0.682. The van der Waals surface area contributed by atoms with Crippen molar-refractivity contribution in [2.75, 3.05) is 25.1 Å². The molecule has 2 aliphatic rings. The van der Waals surface area contributed by atoms with Crippen LogP contribution in [0.1, 0.15) is 75.1 Å². The summed E-state index contributed by atoms with van der Waals surface area (Å²) in [6, 6.07) is 3.94. The van der Waals surface area contributed by atoms with E-state index < -0.39 is 0 Å². The van der Waals surface area contributed by atoms with Gasteiger partial charge >= 0.3 is 5.97 Å². The van der Waals surface area contributed by atoms with Crippen molar-refractivity contribution in [1.82, 2.24) is 4.98 Å². The van der Waals surface area contributed by atoms with Crippen molar-refractivity contribution in [2.45, 2.75) is 75.0 Å². The number of anilines is 1. The Kier molecular flexibility index (Phi) is 7.77. The SMILES string of the molecule is CCC(=O)c1ccc(N2CCC[C@@H](CC(=O)OC)C2)nc1SC1CCCCC1. The van der Waals surface area contributed by atoms with Crippen LogP contribution in [0.5, 0.6) is 0 Å². The first-order valence-corrected chi connectivity index (χ1v) is 11.5. The van der Waals surface area contributed by atoms with Crippen molar-refractivity contribution < 1.29 is 14.3 Å². The van der Waals surface area contributed by atoms with Crippen LogP contribution >= 0.6 is 11.8 Å². The zero-order chi connectivity index (χ0) is 19.9. The third-order valence-corrected chi connectivity index (χ3v) is 7.16. The fourth-order valence-corrected chi connectivity index (χ4v) is 5.54. The van der Waals surface area contributed by atoms with Crippen LogP contribution in [0.4, 0.5) is 5.82 Å². The molecule has 3 rings (SSSR count). The smallest absolute Gasteiger partial charge is 0.305 e. The maximum atomic E-state index is 12.5. The molecule has 28 heavy (non-hydrogen) atoms. The lowest BCUT2D eigenvalue weighted by atomic mass is 9.95. The Labute approximate surface area is 172 Å². The predicted octanol–water partition coefficient (Wildman–Crippen LogP) is 4.88. The van der Waals surface area contributed by atoms with E-state index in [1.165, 1.54) is 39.2 Å². The second-order valence-electron chi connectivity index (χ2n) is 7.91. The van der Waals surface area contributed by atoms with Gasteiger partial charge in [0, 0.05) is 36.7 Å². The molecule has 0 spiro atoms. The third-order valence-electron chi connectivity index (χ3n) is 5.82. The normalized spacial score (nSPS) is 20.8. The summed E-state index contributed by atoms with van der Waals surface area (Å²) in [6.45, 7) is 3.67. The van der Waals surface area contributed by atoms with E-state index in [9.17, 15) is 9.59 Å². The average molecular weight is 405 g/mol. The number of esters is 1. The van der Waals surface area contributed by atoms with Gasteiger partial charge in [-0.3, -0.25) is 9.59 Å². The number of methoxy groups -OCH3 is 1. The van der Waals surface area contributed by atoms with Gasteiger partial charge in [0.1, 0.15) is 10.8 Å². The molecule has 1 saturated heterocycles. The molecule has 1 aromatic rings. The molecule has 0 aromatic carbocycles. The van der Waals surface area contributed by atoms with Crippen LogP contribution in [-0.2, 0) is 9.53 Å². The van der Waals surface area contributed by atoms with E-state index in [1.807, 2.05) is 19.1 Å². The lowest BCUT2D eigenvalue weighted by Gasteiger charge is -2.33. The summed E-state index contributed by atoms with van der Waals surface area (Å²) in [5, 5.41) is 1.46. The summed E-state index contributed by atoms with van der Waals surface area (Å²) in [5.41, 5.74) is 0.768. The van der Waals surface area contributed by atoms with Gasteiger partial charge in [-0.25, -0.2) is 4.98 Å². The van der Waals surface area contributed by atoms with E-state index in [0.29, 0.717) is 24.0 Å². The lowest BCUT2D eigenvalue weighted by Crippen LogP contribution is -2.37. The average Bonchev–Trinajstić information content (AvgIpc) is 2.74. The second-order valence-corrected chi connectivity index (χ2v) is 9.20. The molecule has 6 heteroatoms. The number of nitrogens with zero attached hydrogens (tertiary/aromatic N) is 2. The number of ketones is 1. The quantitative estimate of drug-likeness (QED) is 0.477. The molecule has 0 radical (unpaired) electrons. The minimum absolute atomic E-state index is 0.141. The maximum Gasteiger partial charge on any atom is 0.305 e. The second kappa shape index (κ2) is 10.3. The van der Waals surface area contributed by atoms with E-state index in [2.05, 4.69) is 4.90 Å². The van der Waals surface area contributed by atoms with Crippen LogP contribution in [0.25, 0.3) is 0 Å². The highest BCUT2D eigenvalue weighted by atomic mass is 32.2. The summed E-state index contributed by atoms with van der Waals surface area (Å²) in [4.78, 5) is 31.3. The van der Waals surface area contributed by atoms with Crippen LogP contribution in [-0.4, -0.2) is 42.2 Å². The number of hydrogen-bond donors (Lipinski definition) is 0. The monoisotopic (exact) mass is 404 g/mol. The number of aromatic nitrogens is 1. The van der Waals surface area contributed by atoms with Crippen LogP contribution in [0.15, 0.2) is 17.2 Å². The highest BCUT2D eigenvalue weighted by Gasteiger charge is 2.25. The lowest BCUT2D eigenvalue weighted by molar-refractivity contribution is -0.141. The molecule has 2 fully saturated rings. The van der Waals surface area contributed by atoms with E-state index in [0.717, 1.165) is 42.3 Å². The molecule has 0 bridgehead atoms. The Bertz CT molecular complexity index is 688. The molecule has 1 aromatic heterocycles. The van der Waals surface area contributed by atoms with Gasteiger partial charge in [0.15, 0.2) is 5.78 Å². The van der Waals surface area contributed by atoms with Gasteiger partial charge in [0.05, 0.1) is 7.11 Å². The highest BCUT2D eigenvalue weighted by Crippen LogP contribution is 2.36. The molecule has 2 heterocycles. The Morgan fingerprint density at radius 2 is 1.96 bits per heavy atom. The topological polar surface area (TPSA) is 59.5 Å². The summed E-state index contributed by atoms with van der Waals surface area (Å²) in [6.07, 6.45) is 9.34. The standard InChI is InChI=1S/C22H32N2O3S/c1-3-19(25)18-11-12-20(23-22(18)28-17-9-5-4-6-10-17)24-13-7-8-16(15-24)14-21(26)27-2/h11-12,16-17H,3-10,13-15H2,1-2H3/t16-/m0/s1. The Morgan fingerprint density at radius 1 is 1.18 bits per heavy atom. The van der Waals surface area contributed by atoms with Crippen molar-refractivity contribution in [3.8, 4) is 0 Å². The molecule has 0 amide bonds. The number of Topliss-reactive ketones (excluding diaryl/α,β-unsaturated/α-hetero) is 1. The fourth-order valence-electron chi connectivity index (χ4n) is 4.20. The molecule has 1 saturated carbocycles. The number of rotatable bonds is 7. The van der Waals surface area contributed by atoms with Crippen LogP contribution in [0.3, 0.4) is 0 Å². The minimum atomic E-state index is -0.141. The molecular formula is C22H32N2O3S.